The molecule has 0 aliphatic heterocycles. The van der Waals surface area contributed by atoms with E-state index in [-0.39, 0.29) is 11.8 Å². The maximum absolute atomic E-state index is 8.43. The lowest BCUT2D eigenvalue weighted by atomic mass is 9.94. The molecule has 12 nitrogen and oxygen atoms in total. The van der Waals surface area contributed by atoms with E-state index in [1.807, 2.05) is 142 Å². The summed E-state index contributed by atoms with van der Waals surface area (Å²) in [5.41, 5.74) is 23.2. The fraction of sp³-hybridized carbons (Fsp3) is 0.360. The van der Waals surface area contributed by atoms with Crippen LogP contribution in [0.3, 0.4) is 0 Å². The van der Waals surface area contributed by atoms with Crippen LogP contribution >= 0.6 is 0 Å². The highest BCUT2D eigenvalue weighted by molar-refractivity contribution is 6.12. The number of benzene rings is 4. The number of furan rings is 4. The van der Waals surface area contributed by atoms with Gasteiger partial charge in [-0.1, -0.05) is 159 Å². The van der Waals surface area contributed by atoms with Crippen molar-refractivity contribution in [2.45, 2.75) is 213 Å². The molecule has 0 fully saturated rings. The lowest BCUT2D eigenvalue weighted by Gasteiger charge is -2.13. The molecule has 0 unspecified atom stereocenters. The Kier molecular flexibility index (Phi) is 18.2. The molecule has 0 saturated carbocycles. The molecule has 0 N–H and O–H groups in total. The first-order valence-electron chi connectivity index (χ1n) is 46.3. The molecule has 0 aliphatic rings. The number of nitrogens with zero attached hydrogens (tertiary/aromatic N) is 8. The fourth-order valence-electron chi connectivity index (χ4n) is 15.2. The largest absolute Gasteiger partial charge is 0.437 e. The Hall–Kier alpha value is -10.7. The van der Waals surface area contributed by atoms with E-state index in [9.17, 15) is 0 Å². The zero-order chi connectivity index (χ0) is 93.5. The highest BCUT2D eigenvalue weighted by Gasteiger charge is 2.29. The summed E-state index contributed by atoms with van der Waals surface area (Å²) in [6.07, 6.45) is -3.66. The van der Waals surface area contributed by atoms with Crippen LogP contribution in [0.5, 0.6) is 0 Å². The maximum atomic E-state index is 8.43. The van der Waals surface area contributed by atoms with Crippen LogP contribution in [0, 0.1) is 27.7 Å². The second kappa shape index (κ2) is 32.9. The van der Waals surface area contributed by atoms with Crippen molar-refractivity contribution in [1.82, 2.24) is 19.9 Å². The molecule has 12 aromatic heterocycles. The molecule has 12 heterocycles. The van der Waals surface area contributed by atoms with Gasteiger partial charge in [-0.2, -0.15) is 0 Å². The average Bonchev–Trinajstić information content (AvgIpc) is 1.65. The van der Waals surface area contributed by atoms with Crippen molar-refractivity contribution in [1.29, 1.82) is 0 Å². The third-order valence-corrected chi connectivity index (χ3v) is 21.7. The molecule has 0 atom stereocenters. The summed E-state index contributed by atoms with van der Waals surface area (Å²) < 4.78 is 157. The Bertz CT molecular complexity index is 7010. The van der Waals surface area contributed by atoms with Gasteiger partial charge in [-0.3, -0.25) is 0 Å². The van der Waals surface area contributed by atoms with Gasteiger partial charge in [0.15, 0.2) is 47.1 Å². The molecule has 0 radical (unpaired) electrons. The van der Waals surface area contributed by atoms with Crippen LogP contribution in [-0.4, -0.2) is 19.9 Å². The number of hydrogen-bond acceptors (Lipinski definition) is 8. The molecule has 4 aromatic carbocycles. The molecular formula is C100H116N8O4+4. The molecule has 576 valence electrons. The zero-order valence-corrected chi connectivity index (χ0v) is 69.5. The number of pyridine rings is 8. The molecule has 16 rings (SSSR count). The van der Waals surface area contributed by atoms with E-state index >= 15 is 0 Å². The summed E-state index contributed by atoms with van der Waals surface area (Å²) in [7, 11) is 7.56. The topological polar surface area (TPSA) is 120 Å². The first-order chi connectivity index (χ1) is 58.8. The summed E-state index contributed by atoms with van der Waals surface area (Å²) in [4.78, 5) is 18.7. The number of aryl methyl sites for hydroxylation is 16. The third-order valence-electron chi connectivity index (χ3n) is 21.7. The minimum atomic E-state index is -1.73. The number of rotatable bonds is 16. The van der Waals surface area contributed by atoms with Gasteiger partial charge in [0.1, 0.15) is 28.2 Å². The van der Waals surface area contributed by atoms with Gasteiger partial charge in [0.2, 0.25) is 45.6 Å². The Labute approximate surface area is 683 Å². The normalized spacial score (nSPS) is 14.8. The molecule has 0 bridgehead atoms. The van der Waals surface area contributed by atoms with Gasteiger partial charge in [-0.05, 0) is 195 Å². The molecule has 112 heavy (non-hydrogen) atoms. The van der Waals surface area contributed by atoms with Crippen molar-refractivity contribution in [3.8, 4) is 45.0 Å². The smallest absolute Gasteiger partial charge is 0.227 e. The van der Waals surface area contributed by atoms with E-state index in [2.05, 4.69) is 100 Å². The standard InChI is InChI=1S/C26H31N2O.2C25H29N2O.C24H27N2O/c1-8-18-13-23(28(7)14-21(18)15(2)3)24-17(6)9-10-19-20-11-12-22(16(4)5)27-26(20)29-25(19)24;2*1-7-17-13-22(27(6)14-18(17)8-2)23-16(5)9-10-19-20-11-12-21(15(3)4)26-25(20)28-24(19)23;1-6-16-13-21(26(5)14-17(16)7-2)22-15(4)9-11-19-20-12-10-18(8-3)25-24(20)27-23(19)22/h9-16H,8H2,1-7H3;2*9-15H,7-8H2,1-6H3;9-14H,6-8H2,1-5H3/q4*+1/i8D2;7D2,8D2,15D;7D2,8D2;6D2,7D2. The molecule has 0 spiro atoms. The number of aromatic nitrogens is 8. The van der Waals surface area contributed by atoms with Gasteiger partial charge in [0, 0.05) is 133 Å². The molecule has 16 aromatic rings. The summed E-state index contributed by atoms with van der Waals surface area (Å²) in [6, 6.07) is 39.7. The zero-order valence-electron chi connectivity index (χ0n) is 84.5. The number of hydrogen-bond donors (Lipinski definition) is 0. The Balaban J connectivity index is 0.000000145. The van der Waals surface area contributed by atoms with Crippen LogP contribution in [0.25, 0.3) is 133 Å². The van der Waals surface area contributed by atoms with Crippen LogP contribution < -0.4 is 18.3 Å². The summed E-state index contributed by atoms with van der Waals surface area (Å²) in [5, 5.41) is 7.60. The highest BCUT2D eigenvalue weighted by Crippen LogP contribution is 2.43. The molecule has 0 saturated heterocycles. The van der Waals surface area contributed by atoms with E-state index < -0.39 is 50.5 Å². The van der Waals surface area contributed by atoms with Crippen LogP contribution in [0.4, 0.5) is 0 Å². The number of fused-ring (bicyclic) bond motifs is 12. The Morgan fingerprint density at radius 3 is 0.866 bits per heavy atom. The second-order valence-corrected chi connectivity index (χ2v) is 30.3. The molecule has 0 aliphatic carbocycles. The quantitative estimate of drug-likeness (QED) is 0.0878. The highest BCUT2D eigenvalue weighted by atomic mass is 16.4. The maximum Gasteiger partial charge on any atom is 0.227 e. The summed E-state index contributed by atoms with van der Waals surface area (Å²) in [5.74, 6) is -0.00581. The molecule has 0 amide bonds. The van der Waals surface area contributed by atoms with Gasteiger partial charge in [-0.15, -0.1) is 0 Å². The van der Waals surface area contributed by atoms with Gasteiger partial charge in [0.05, 0.1) is 22.3 Å². The monoisotopic (exact) mass is 1510 g/mol. The van der Waals surface area contributed by atoms with E-state index in [0.717, 1.165) is 151 Å². The van der Waals surface area contributed by atoms with Crippen molar-refractivity contribution < 1.29 is 56.5 Å². The van der Waals surface area contributed by atoms with Crippen molar-refractivity contribution in [2.24, 2.45) is 28.2 Å². The van der Waals surface area contributed by atoms with Gasteiger partial charge in [0.25, 0.3) is 0 Å². The van der Waals surface area contributed by atoms with Crippen LogP contribution in [-0.2, 0) is 79.2 Å². The summed E-state index contributed by atoms with van der Waals surface area (Å²) >= 11 is 0. The lowest BCUT2D eigenvalue weighted by molar-refractivity contribution is -0.661. The average molecular weight is 1510 g/mol. The lowest BCUT2D eigenvalue weighted by Crippen LogP contribution is -2.32. The van der Waals surface area contributed by atoms with E-state index in [1.54, 1.807) is 57.6 Å². The first-order valence-corrected chi connectivity index (χ1v) is 38.8. The van der Waals surface area contributed by atoms with Crippen LogP contribution in [0.1, 0.15) is 245 Å². The van der Waals surface area contributed by atoms with Crippen LogP contribution in [0.2, 0.25) is 0 Å². The van der Waals surface area contributed by atoms with Gasteiger partial charge < -0.3 is 17.7 Å². The van der Waals surface area contributed by atoms with E-state index in [1.165, 1.54) is 41.5 Å². The van der Waals surface area contributed by atoms with E-state index in [4.69, 9.17) is 48.2 Å². The van der Waals surface area contributed by atoms with E-state index in [0.29, 0.717) is 84.6 Å². The summed E-state index contributed by atoms with van der Waals surface area (Å²) in [6.45, 7) is 36.7. The van der Waals surface area contributed by atoms with Crippen molar-refractivity contribution in [2.75, 3.05) is 0 Å². The molecule has 12 heteroatoms. The minimum absolute atomic E-state index is 0.229. The predicted octanol–water partition coefficient (Wildman–Crippen LogP) is 24.1. The van der Waals surface area contributed by atoms with Crippen molar-refractivity contribution in [3.63, 3.8) is 0 Å². The van der Waals surface area contributed by atoms with Gasteiger partial charge >= 0.3 is 0 Å². The molecular weight excluding hydrogens is 1380 g/mol. The third kappa shape index (κ3) is 14.9. The minimum Gasteiger partial charge on any atom is -0.437 e. The van der Waals surface area contributed by atoms with Gasteiger partial charge in [-0.25, -0.2) is 38.2 Å². The van der Waals surface area contributed by atoms with Crippen molar-refractivity contribution in [3.05, 3.63) is 236 Å². The van der Waals surface area contributed by atoms with Crippen molar-refractivity contribution >= 4 is 88.3 Å². The second-order valence-electron chi connectivity index (χ2n) is 30.3. The SMILES string of the molecule is [2H]C([2H])(C)c1cc(-c2c(C)ccc3c2oc2nc(C(C)C)ccc23)[n+](C)cc1C(C)C.[2H]C([2H])(C)c1cc(-c2c(C)ccc3c2oc2nc(C(C)C)ccc23)[n+](C)cc1C([2H])([2H])C.[2H]C([2H])(C)c1cc(-c2c(C)ccc3c2oc2nc(C([2H])(C)C)ccc23)[n+](C)cc1C([2H])([2H])C.[2H]C([2H])(C)c1cc(-c2c(C)ccc3c2oc2nc(CC)ccc23)[n+](C)cc1C([2H])([2H])C. The fourth-order valence-corrected chi connectivity index (χ4v) is 15.2. The van der Waals surface area contributed by atoms with Crippen LogP contribution in [0.15, 0.2) is 164 Å². The first kappa shape index (κ1) is 61.9. The predicted molar refractivity (Wildman–Crippen MR) is 463 cm³/mol. The Morgan fingerprint density at radius 2 is 0.580 bits per heavy atom. The Morgan fingerprint density at radius 1 is 0.312 bits per heavy atom.